The maximum absolute atomic E-state index is 9.54. The molecule has 0 aromatic heterocycles. The second-order valence-electron chi connectivity index (χ2n) is 4.71. The zero-order valence-corrected chi connectivity index (χ0v) is 13.4. The molecule has 2 aromatic carbocycles. The van der Waals surface area contributed by atoms with Gasteiger partial charge in [-0.1, -0.05) is 35.9 Å². The highest BCUT2D eigenvalue weighted by molar-refractivity contribution is 14.1. The van der Waals surface area contributed by atoms with Gasteiger partial charge >= 0.3 is 0 Å². The van der Waals surface area contributed by atoms with E-state index >= 15 is 0 Å². The van der Waals surface area contributed by atoms with Crippen molar-refractivity contribution in [1.82, 2.24) is 0 Å². The highest BCUT2D eigenvalue weighted by atomic mass is 127. The molecule has 1 nitrogen and oxygen atoms in total. The van der Waals surface area contributed by atoms with E-state index in [4.69, 9.17) is 11.6 Å². The number of hydrogen-bond acceptors (Lipinski definition) is 1. The smallest absolute Gasteiger partial charge is 0.0465 e. The van der Waals surface area contributed by atoms with Crippen molar-refractivity contribution < 1.29 is 5.11 Å². The van der Waals surface area contributed by atoms with Crippen molar-refractivity contribution in [3.63, 3.8) is 0 Å². The molecule has 0 fully saturated rings. The van der Waals surface area contributed by atoms with E-state index in [1.807, 2.05) is 18.2 Å². The Hall–Kier alpha value is -0.580. The van der Waals surface area contributed by atoms with E-state index in [2.05, 4.69) is 52.9 Å². The van der Waals surface area contributed by atoms with Crippen LogP contribution in [-0.4, -0.2) is 11.7 Å². The van der Waals surface area contributed by atoms with Gasteiger partial charge in [0.2, 0.25) is 0 Å². The zero-order chi connectivity index (χ0) is 13.7. The van der Waals surface area contributed by atoms with Crippen molar-refractivity contribution in [2.75, 3.05) is 6.61 Å². The van der Waals surface area contributed by atoms with Crippen molar-refractivity contribution >= 4 is 34.2 Å². The van der Waals surface area contributed by atoms with Crippen molar-refractivity contribution in [2.24, 2.45) is 5.92 Å². The van der Waals surface area contributed by atoms with Gasteiger partial charge in [-0.25, -0.2) is 0 Å². The molecule has 2 rings (SSSR count). The Morgan fingerprint density at radius 3 is 2.32 bits per heavy atom. The molecule has 0 saturated heterocycles. The van der Waals surface area contributed by atoms with Crippen LogP contribution in [0.4, 0.5) is 0 Å². The van der Waals surface area contributed by atoms with Crippen molar-refractivity contribution in [3.05, 3.63) is 68.3 Å². The molecule has 0 aliphatic heterocycles. The first kappa shape index (κ1) is 14.8. The lowest BCUT2D eigenvalue weighted by Crippen LogP contribution is -2.13. The summed E-state index contributed by atoms with van der Waals surface area (Å²) in [5, 5.41) is 10.3. The summed E-state index contributed by atoms with van der Waals surface area (Å²) in [6, 6.07) is 16.3. The number of halogens is 2. The lowest BCUT2D eigenvalue weighted by atomic mass is 9.93. The quantitative estimate of drug-likeness (QED) is 0.758. The normalized spacial score (nSPS) is 12.4. The van der Waals surface area contributed by atoms with E-state index in [0.29, 0.717) is 0 Å². The molecule has 0 spiro atoms. The van der Waals surface area contributed by atoms with Crippen LogP contribution >= 0.6 is 34.2 Å². The Bertz CT molecular complexity index is 525. The molecule has 2 aromatic rings. The minimum Gasteiger partial charge on any atom is -0.396 e. The third kappa shape index (κ3) is 4.79. The van der Waals surface area contributed by atoms with Crippen molar-refractivity contribution in [3.8, 4) is 0 Å². The number of benzene rings is 2. The Balaban J connectivity index is 2.02. The number of hydrogen-bond donors (Lipinski definition) is 1. The maximum Gasteiger partial charge on any atom is 0.0465 e. The molecular formula is C16H16ClIO. The first-order chi connectivity index (χ1) is 9.17. The fourth-order valence-electron chi connectivity index (χ4n) is 2.15. The number of aliphatic hydroxyl groups is 1. The van der Waals surface area contributed by atoms with E-state index in [1.165, 1.54) is 14.7 Å². The van der Waals surface area contributed by atoms with Crippen LogP contribution < -0.4 is 0 Å². The third-order valence-corrected chi connectivity index (χ3v) is 4.06. The van der Waals surface area contributed by atoms with Gasteiger partial charge in [0.25, 0.3) is 0 Å². The first-order valence-electron chi connectivity index (χ1n) is 6.27. The highest BCUT2D eigenvalue weighted by Gasteiger charge is 2.10. The van der Waals surface area contributed by atoms with Crippen LogP contribution in [0.25, 0.3) is 0 Å². The second kappa shape index (κ2) is 7.27. The summed E-state index contributed by atoms with van der Waals surface area (Å²) in [5.74, 6) is 0.235. The molecule has 0 saturated carbocycles. The Morgan fingerprint density at radius 2 is 1.68 bits per heavy atom. The summed E-state index contributed by atoms with van der Waals surface area (Å²) in [7, 11) is 0. The Labute approximate surface area is 132 Å². The lowest BCUT2D eigenvalue weighted by Gasteiger charge is -2.14. The number of rotatable bonds is 5. The topological polar surface area (TPSA) is 20.2 Å². The van der Waals surface area contributed by atoms with E-state index in [1.54, 1.807) is 0 Å². The fraction of sp³-hybridized carbons (Fsp3) is 0.250. The summed E-state index contributed by atoms with van der Waals surface area (Å²) < 4.78 is 1.23. The van der Waals surface area contributed by atoms with Crippen LogP contribution in [0.1, 0.15) is 11.1 Å². The van der Waals surface area contributed by atoms with Gasteiger partial charge in [-0.2, -0.15) is 0 Å². The molecule has 1 N–H and O–H groups in total. The molecule has 1 unspecified atom stereocenters. The van der Waals surface area contributed by atoms with E-state index < -0.39 is 0 Å². The molecule has 19 heavy (non-hydrogen) atoms. The maximum atomic E-state index is 9.54. The molecule has 100 valence electrons. The molecule has 0 bridgehead atoms. The second-order valence-corrected chi connectivity index (χ2v) is 6.40. The van der Waals surface area contributed by atoms with Gasteiger partial charge in [0, 0.05) is 15.2 Å². The molecule has 0 amide bonds. The zero-order valence-electron chi connectivity index (χ0n) is 10.5. The molecule has 0 radical (unpaired) electrons. The van der Waals surface area contributed by atoms with E-state index in [0.717, 1.165) is 17.9 Å². The predicted octanol–water partition coefficient (Wildman–Crippen LogP) is 4.34. The van der Waals surface area contributed by atoms with Crippen LogP contribution in [0.2, 0.25) is 5.02 Å². The molecule has 0 aliphatic carbocycles. The van der Waals surface area contributed by atoms with Gasteiger partial charge in [-0.15, -0.1) is 0 Å². The summed E-state index contributed by atoms with van der Waals surface area (Å²) in [4.78, 5) is 0. The highest BCUT2D eigenvalue weighted by Crippen LogP contribution is 2.18. The average molecular weight is 387 g/mol. The average Bonchev–Trinajstić information content (AvgIpc) is 2.40. The largest absolute Gasteiger partial charge is 0.396 e. The van der Waals surface area contributed by atoms with E-state index in [9.17, 15) is 5.11 Å². The minimum atomic E-state index is 0.193. The van der Waals surface area contributed by atoms with Gasteiger partial charge in [0.15, 0.2) is 0 Å². The van der Waals surface area contributed by atoms with Crippen LogP contribution in [0, 0.1) is 9.49 Å². The van der Waals surface area contributed by atoms with Crippen LogP contribution in [0.5, 0.6) is 0 Å². The first-order valence-corrected chi connectivity index (χ1v) is 7.73. The van der Waals surface area contributed by atoms with Crippen molar-refractivity contribution in [2.45, 2.75) is 12.8 Å². The SMILES string of the molecule is OCC(Cc1ccc(I)cc1)Cc1cccc(Cl)c1. The molecule has 1 atom stereocenters. The standard InChI is InChI=1S/C16H16ClIO/c17-15-3-1-2-13(10-15)9-14(11-19)8-12-4-6-16(18)7-5-12/h1-7,10,14,19H,8-9,11H2. The van der Waals surface area contributed by atoms with E-state index in [-0.39, 0.29) is 12.5 Å². The van der Waals surface area contributed by atoms with Gasteiger partial charge < -0.3 is 5.11 Å². The van der Waals surface area contributed by atoms with Gasteiger partial charge in [0.1, 0.15) is 0 Å². The van der Waals surface area contributed by atoms with Gasteiger partial charge in [0.05, 0.1) is 0 Å². The number of aliphatic hydroxyl groups excluding tert-OH is 1. The minimum absolute atomic E-state index is 0.193. The third-order valence-electron chi connectivity index (χ3n) is 3.11. The monoisotopic (exact) mass is 386 g/mol. The molecule has 3 heteroatoms. The van der Waals surface area contributed by atoms with Crippen LogP contribution in [0.3, 0.4) is 0 Å². The summed E-state index contributed by atoms with van der Waals surface area (Å²) >= 11 is 8.28. The lowest BCUT2D eigenvalue weighted by molar-refractivity contribution is 0.225. The Kier molecular flexibility index (Phi) is 5.67. The summed E-state index contributed by atoms with van der Waals surface area (Å²) in [6.45, 7) is 0.193. The fourth-order valence-corrected chi connectivity index (χ4v) is 2.72. The van der Waals surface area contributed by atoms with Crippen LogP contribution in [-0.2, 0) is 12.8 Å². The van der Waals surface area contributed by atoms with Gasteiger partial charge in [-0.05, 0) is 76.7 Å². The Morgan fingerprint density at radius 1 is 1.00 bits per heavy atom. The van der Waals surface area contributed by atoms with Crippen molar-refractivity contribution in [1.29, 1.82) is 0 Å². The van der Waals surface area contributed by atoms with Gasteiger partial charge in [-0.3, -0.25) is 0 Å². The predicted molar refractivity (Wildman–Crippen MR) is 88.6 cm³/mol. The van der Waals surface area contributed by atoms with Crippen LogP contribution in [0.15, 0.2) is 48.5 Å². The molecule has 0 heterocycles. The summed E-state index contributed by atoms with van der Waals surface area (Å²) in [5.41, 5.74) is 2.44. The molecule has 0 aliphatic rings. The summed E-state index contributed by atoms with van der Waals surface area (Å²) in [6.07, 6.45) is 1.74. The molecular weight excluding hydrogens is 371 g/mol.